The van der Waals surface area contributed by atoms with Crippen LogP contribution in [0.3, 0.4) is 0 Å². The first-order valence-corrected chi connectivity index (χ1v) is 3.76. The third kappa shape index (κ3) is 3.64. The highest BCUT2D eigenvalue weighted by molar-refractivity contribution is 5.85. The van der Waals surface area contributed by atoms with Crippen LogP contribution in [0.15, 0.2) is 0 Å². The SMILES string of the molecule is C#CCN1CCC[C@@H]1CN.Cl.Cl. The smallest absolute Gasteiger partial charge is 0.0601 e. The summed E-state index contributed by atoms with van der Waals surface area (Å²) in [6.45, 7) is 2.65. The van der Waals surface area contributed by atoms with Gasteiger partial charge in [-0.1, -0.05) is 5.92 Å². The molecule has 0 aromatic heterocycles. The predicted octanol–water partition coefficient (Wildman–Crippen LogP) is 0.886. The Morgan fingerprint density at radius 3 is 2.67 bits per heavy atom. The van der Waals surface area contributed by atoms with Crippen LogP contribution in [0.2, 0.25) is 0 Å². The van der Waals surface area contributed by atoms with Crippen LogP contribution in [0.5, 0.6) is 0 Å². The Morgan fingerprint density at radius 2 is 2.17 bits per heavy atom. The Hall–Kier alpha value is 0.0600. The molecule has 1 saturated heterocycles. The highest BCUT2D eigenvalue weighted by Crippen LogP contribution is 2.14. The number of nitrogens with zero attached hydrogens (tertiary/aromatic N) is 1. The molecule has 2 N–H and O–H groups in total. The van der Waals surface area contributed by atoms with Crippen LogP contribution in [0, 0.1) is 12.3 Å². The van der Waals surface area contributed by atoms with E-state index >= 15 is 0 Å². The minimum atomic E-state index is 0. The number of nitrogens with two attached hydrogens (primary N) is 1. The van der Waals surface area contributed by atoms with Crippen molar-refractivity contribution in [2.24, 2.45) is 5.73 Å². The molecular formula is C8H16Cl2N2. The van der Waals surface area contributed by atoms with Crippen LogP contribution in [0.25, 0.3) is 0 Å². The monoisotopic (exact) mass is 210 g/mol. The van der Waals surface area contributed by atoms with Gasteiger partial charge in [0.2, 0.25) is 0 Å². The quantitative estimate of drug-likeness (QED) is 0.687. The zero-order valence-corrected chi connectivity index (χ0v) is 8.66. The summed E-state index contributed by atoms with van der Waals surface area (Å²) in [6.07, 6.45) is 7.67. The summed E-state index contributed by atoms with van der Waals surface area (Å²) in [5.74, 6) is 2.64. The molecular weight excluding hydrogens is 195 g/mol. The Bertz CT molecular complexity index is 144. The molecule has 2 nitrogen and oxygen atoms in total. The summed E-state index contributed by atoms with van der Waals surface area (Å²) >= 11 is 0. The van der Waals surface area contributed by atoms with E-state index in [9.17, 15) is 0 Å². The van der Waals surface area contributed by atoms with E-state index in [0.29, 0.717) is 6.04 Å². The van der Waals surface area contributed by atoms with Gasteiger partial charge in [-0.05, 0) is 19.4 Å². The fourth-order valence-electron chi connectivity index (χ4n) is 1.49. The van der Waals surface area contributed by atoms with Crippen molar-refractivity contribution in [1.82, 2.24) is 4.90 Å². The summed E-state index contributed by atoms with van der Waals surface area (Å²) in [6, 6.07) is 0.552. The second-order valence-electron chi connectivity index (χ2n) is 2.71. The van der Waals surface area contributed by atoms with E-state index < -0.39 is 0 Å². The Balaban J connectivity index is 0. The molecule has 1 fully saturated rings. The standard InChI is InChI=1S/C8H14N2.2ClH/c1-2-5-10-6-3-4-8(10)7-9;;/h1,8H,3-7,9H2;2*1H/t8-;;/m1../s1. The molecule has 1 atom stereocenters. The lowest BCUT2D eigenvalue weighted by Crippen LogP contribution is -2.35. The van der Waals surface area contributed by atoms with E-state index in [1.807, 2.05) is 0 Å². The number of terminal acetylenes is 1. The molecule has 4 heteroatoms. The van der Waals surface area contributed by atoms with Crippen LogP contribution in [0.4, 0.5) is 0 Å². The van der Waals surface area contributed by atoms with E-state index in [1.165, 1.54) is 12.8 Å². The maximum absolute atomic E-state index is 5.54. The van der Waals surface area contributed by atoms with Gasteiger partial charge in [0.1, 0.15) is 0 Å². The van der Waals surface area contributed by atoms with Crippen molar-refractivity contribution in [3.8, 4) is 12.3 Å². The van der Waals surface area contributed by atoms with Crippen molar-refractivity contribution in [3.05, 3.63) is 0 Å². The largest absolute Gasteiger partial charge is 0.329 e. The molecule has 0 aromatic carbocycles. The van der Waals surface area contributed by atoms with Gasteiger partial charge in [0.05, 0.1) is 6.54 Å². The fourth-order valence-corrected chi connectivity index (χ4v) is 1.49. The van der Waals surface area contributed by atoms with Gasteiger partial charge in [-0.3, -0.25) is 4.90 Å². The molecule has 0 unspecified atom stereocenters. The van der Waals surface area contributed by atoms with Crippen LogP contribution in [0.1, 0.15) is 12.8 Å². The van der Waals surface area contributed by atoms with Crippen molar-refractivity contribution in [3.63, 3.8) is 0 Å². The van der Waals surface area contributed by atoms with Crippen LogP contribution < -0.4 is 5.73 Å². The summed E-state index contributed by atoms with van der Waals surface area (Å²) < 4.78 is 0. The zero-order valence-electron chi connectivity index (χ0n) is 7.03. The second-order valence-corrected chi connectivity index (χ2v) is 2.71. The number of hydrogen-bond acceptors (Lipinski definition) is 2. The van der Waals surface area contributed by atoms with Gasteiger partial charge in [0, 0.05) is 12.6 Å². The minimum absolute atomic E-state index is 0. The predicted molar refractivity (Wildman–Crippen MR) is 57.0 cm³/mol. The molecule has 72 valence electrons. The van der Waals surface area contributed by atoms with E-state index in [1.54, 1.807) is 0 Å². The minimum Gasteiger partial charge on any atom is -0.329 e. The van der Waals surface area contributed by atoms with Gasteiger partial charge in [-0.25, -0.2) is 0 Å². The average molecular weight is 211 g/mol. The number of hydrogen-bond donors (Lipinski definition) is 1. The van der Waals surface area contributed by atoms with E-state index in [-0.39, 0.29) is 24.8 Å². The van der Waals surface area contributed by atoms with Gasteiger partial charge in [0.25, 0.3) is 0 Å². The summed E-state index contributed by atoms with van der Waals surface area (Å²) in [7, 11) is 0. The maximum atomic E-state index is 5.54. The van der Waals surface area contributed by atoms with E-state index in [2.05, 4.69) is 10.8 Å². The Labute approximate surface area is 86.7 Å². The number of likely N-dealkylation sites (tertiary alicyclic amines) is 1. The molecule has 0 bridgehead atoms. The highest BCUT2D eigenvalue weighted by atomic mass is 35.5. The lowest BCUT2D eigenvalue weighted by Gasteiger charge is -2.19. The lowest BCUT2D eigenvalue weighted by atomic mass is 10.2. The first-order valence-electron chi connectivity index (χ1n) is 3.76. The molecule has 1 rings (SSSR count). The summed E-state index contributed by atoms with van der Waals surface area (Å²) in [5, 5.41) is 0. The normalized spacial score (nSPS) is 22.2. The van der Waals surface area contributed by atoms with Crippen LogP contribution >= 0.6 is 24.8 Å². The Kier molecular flexibility index (Phi) is 9.35. The molecule has 12 heavy (non-hydrogen) atoms. The van der Waals surface area contributed by atoms with Crippen molar-refractivity contribution >= 4 is 24.8 Å². The van der Waals surface area contributed by atoms with Gasteiger partial charge >= 0.3 is 0 Å². The van der Waals surface area contributed by atoms with Gasteiger partial charge in [-0.2, -0.15) is 0 Å². The topological polar surface area (TPSA) is 29.3 Å². The molecule has 0 radical (unpaired) electrons. The molecule has 1 aliphatic rings. The molecule has 1 aliphatic heterocycles. The molecule has 0 aromatic rings. The van der Waals surface area contributed by atoms with Gasteiger partial charge in [-0.15, -0.1) is 31.2 Å². The van der Waals surface area contributed by atoms with Crippen molar-refractivity contribution in [1.29, 1.82) is 0 Å². The van der Waals surface area contributed by atoms with E-state index in [4.69, 9.17) is 12.2 Å². The molecule has 0 spiro atoms. The zero-order chi connectivity index (χ0) is 7.40. The molecule has 1 heterocycles. The Morgan fingerprint density at radius 1 is 1.50 bits per heavy atom. The molecule has 0 amide bonds. The van der Waals surface area contributed by atoms with E-state index in [0.717, 1.165) is 19.6 Å². The van der Waals surface area contributed by atoms with Gasteiger partial charge in [0.15, 0.2) is 0 Å². The average Bonchev–Trinajstić information content (AvgIpc) is 2.36. The first kappa shape index (κ1) is 14.6. The van der Waals surface area contributed by atoms with Crippen molar-refractivity contribution < 1.29 is 0 Å². The van der Waals surface area contributed by atoms with Gasteiger partial charge < -0.3 is 5.73 Å². The van der Waals surface area contributed by atoms with Crippen molar-refractivity contribution in [2.45, 2.75) is 18.9 Å². The number of halogens is 2. The fraction of sp³-hybridized carbons (Fsp3) is 0.750. The second kappa shape index (κ2) is 7.70. The van der Waals surface area contributed by atoms with Crippen LogP contribution in [-0.4, -0.2) is 30.6 Å². The molecule has 0 aliphatic carbocycles. The summed E-state index contributed by atoms with van der Waals surface area (Å²) in [4.78, 5) is 2.28. The highest BCUT2D eigenvalue weighted by Gasteiger charge is 2.21. The lowest BCUT2D eigenvalue weighted by molar-refractivity contribution is 0.290. The maximum Gasteiger partial charge on any atom is 0.0601 e. The first-order chi connectivity index (χ1) is 4.88. The third-order valence-corrected chi connectivity index (χ3v) is 2.07. The number of rotatable bonds is 2. The van der Waals surface area contributed by atoms with Crippen LogP contribution in [-0.2, 0) is 0 Å². The molecule has 0 saturated carbocycles. The third-order valence-electron chi connectivity index (χ3n) is 2.07. The van der Waals surface area contributed by atoms with Crippen molar-refractivity contribution in [2.75, 3.05) is 19.6 Å². The summed E-state index contributed by atoms with van der Waals surface area (Å²) in [5.41, 5.74) is 5.54.